The number of benzene rings is 2. The minimum Gasteiger partial charge on any atom is -0.383 e. The highest BCUT2D eigenvalue weighted by atomic mass is 19.2. The number of aryl methyl sites for hydroxylation is 1. The number of hydrogen-bond acceptors (Lipinski definition) is 4. The third kappa shape index (κ3) is 3.20. The fourth-order valence-corrected chi connectivity index (χ4v) is 4.20. The smallest absolute Gasteiger partial charge is 0.231 e. The molecule has 4 aromatic rings. The van der Waals surface area contributed by atoms with Gasteiger partial charge < -0.3 is 15.2 Å². The van der Waals surface area contributed by atoms with Crippen molar-refractivity contribution in [3.63, 3.8) is 0 Å². The summed E-state index contributed by atoms with van der Waals surface area (Å²) in [5, 5.41) is 0.800. The van der Waals surface area contributed by atoms with Crippen molar-refractivity contribution < 1.29 is 13.6 Å². The van der Waals surface area contributed by atoms with Crippen molar-refractivity contribution in [1.82, 2.24) is 14.5 Å². The van der Waals surface area contributed by atoms with E-state index < -0.39 is 11.6 Å². The zero-order valence-electron chi connectivity index (χ0n) is 16.8. The van der Waals surface area contributed by atoms with Crippen molar-refractivity contribution in [3.8, 4) is 11.1 Å². The highest BCUT2D eigenvalue weighted by Crippen LogP contribution is 2.37. The van der Waals surface area contributed by atoms with E-state index in [4.69, 9.17) is 5.73 Å². The number of nitrogen functional groups attached to an aromatic ring is 1. The number of amides is 1. The molecule has 8 heteroatoms. The summed E-state index contributed by atoms with van der Waals surface area (Å²) in [6.07, 6.45) is 4.14. The van der Waals surface area contributed by atoms with Gasteiger partial charge >= 0.3 is 0 Å². The molecule has 3 heterocycles. The normalized spacial score (nSPS) is 13.1. The molecule has 0 saturated carbocycles. The number of hydrogen-bond donors (Lipinski definition) is 1. The minimum absolute atomic E-state index is 0.00951. The summed E-state index contributed by atoms with van der Waals surface area (Å²) in [7, 11) is 1.91. The average Bonchev–Trinajstić information content (AvgIpc) is 3.32. The molecular formula is C23H19F2N5O. The van der Waals surface area contributed by atoms with Crippen molar-refractivity contribution in [2.75, 3.05) is 17.2 Å². The van der Waals surface area contributed by atoms with Gasteiger partial charge in [-0.05, 0) is 47.4 Å². The molecule has 0 unspecified atom stereocenters. The molecule has 0 spiro atoms. The van der Waals surface area contributed by atoms with Crippen molar-refractivity contribution >= 4 is 28.4 Å². The molecule has 2 aromatic carbocycles. The van der Waals surface area contributed by atoms with Crippen molar-refractivity contribution in [1.29, 1.82) is 0 Å². The van der Waals surface area contributed by atoms with Crippen LogP contribution in [-0.4, -0.2) is 27.0 Å². The lowest BCUT2D eigenvalue weighted by Gasteiger charge is -2.18. The summed E-state index contributed by atoms with van der Waals surface area (Å²) < 4.78 is 28.5. The fraction of sp³-hybridized carbons (Fsp3) is 0.174. The Kier molecular flexibility index (Phi) is 4.43. The van der Waals surface area contributed by atoms with Crippen LogP contribution >= 0.6 is 0 Å². The molecule has 0 aliphatic carbocycles. The van der Waals surface area contributed by atoms with Gasteiger partial charge in [0, 0.05) is 31.0 Å². The molecule has 1 amide bonds. The lowest BCUT2D eigenvalue weighted by atomic mass is 10.0. The maximum absolute atomic E-state index is 13.5. The second-order valence-corrected chi connectivity index (χ2v) is 7.68. The molecule has 0 radical (unpaired) electrons. The van der Waals surface area contributed by atoms with E-state index in [1.807, 2.05) is 29.9 Å². The molecule has 156 valence electrons. The van der Waals surface area contributed by atoms with Gasteiger partial charge in [0.2, 0.25) is 5.91 Å². The van der Waals surface area contributed by atoms with E-state index in [0.717, 1.165) is 45.5 Å². The van der Waals surface area contributed by atoms with Crippen LogP contribution < -0.4 is 10.6 Å². The van der Waals surface area contributed by atoms with Gasteiger partial charge in [-0.2, -0.15) is 0 Å². The Morgan fingerprint density at radius 3 is 2.77 bits per heavy atom. The largest absolute Gasteiger partial charge is 0.383 e. The first-order valence-electron chi connectivity index (χ1n) is 9.85. The molecule has 0 bridgehead atoms. The van der Waals surface area contributed by atoms with Crippen LogP contribution in [0, 0.1) is 11.6 Å². The van der Waals surface area contributed by atoms with Crippen LogP contribution in [0.15, 0.2) is 48.9 Å². The molecule has 31 heavy (non-hydrogen) atoms. The summed E-state index contributed by atoms with van der Waals surface area (Å²) in [6.45, 7) is 0.544. The standard InChI is InChI=1S/C23H19F2N5O/c1-29-11-16(21-22(26)27-12-28-23(21)29)14-3-5-19-15(10-14)6-7-30(19)20(31)9-13-2-4-17(24)18(25)8-13/h2-5,8,10-12H,6-7,9H2,1H3,(H2,26,27,28). The van der Waals surface area contributed by atoms with E-state index >= 15 is 0 Å². The van der Waals surface area contributed by atoms with Crippen molar-refractivity contribution in [3.05, 3.63) is 71.7 Å². The fourth-order valence-electron chi connectivity index (χ4n) is 4.20. The molecular weight excluding hydrogens is 400 g/mol. The predicted octanol–water partition coefficient (Wildman–Crippen LogP) is 3.63. The van der Waals surface area contributed by atoms with E-state index in [2.05, 4.69) is 16.0 Å². The van der Waals surface area contributed by atoms with Gasteiger partial charge in [0.25, 0.3) is 0 Å². The molecule has 6 nitrogen and oxygen atoms in total. The monoisotopic (exact) mass is 419 g/mol. The van der Waals surface area contributed by atoms with Crippen LogP contribution in [0.3, 0.4) is 0 Å². The Morgan fingerprint density at radius 2 is 1.97 bits per heavy atom. The number of nitrogens with two attached hydrogens (primary N) is 1. The van der Waals surface area contributed by atoms with Crippen LogP contribution in [0.5, 0.6) is 0 Å². The van der Waals surface area contributed by atoms with Crippen molar-refractivity contribution in [2.24, 2.45) is 7.05 Å². The number of fused-ring (bicyclic) bond motifs is 2. The van der Waals surface area contributed by atoms with Gasteiger partial charge in [0.15, 0.2) is 11.6 Å². The third-order valence-electron chi connectivity index (χ3n) is 5.71. The van der Waals surface area contributed by atoms with Gasteiger partial charge in [-0.15, -0.1) is 0 Å². The molecule has 1 aliphatic heterocycles. The zero-order valence-corrected chi connectivity index (χ0v) is 16.8. The Morgan fingerprint density at radius 1 is 1.13 bits per heavy atom. The quantitative estimate of drug-likeness (QED) is 0.550. The zero-order chi connectivity index (χ0) is 21.7. The lowest BCUT2D eigenvalue weighted by Crippen LogP contribution is -2.30. The molecule has 2 aromatic heterocycles. The molecule has 0 saturated heterocycles. The SMILES string of the molecule is Cn1cc(-c2ccc3c(c2)CCN3C(=O)Cc2ccc(F)c(F)c2)c2c(N)ncnc21. The summed E-state index contributed by atoms with van der Waals surface area (Å²) in [4.78, 5) is 23.0. The predicted molar refractivity (Wildman–Crippen MR) is 114 cm³/mol. The van der Waals surface area contributed by atoms with Gasteiger partial charge in [-0.25, -0.2) is 18.7 Å². The maximum atomic E-state index is 13.5. The second kappa shape index (κ2) is 7.16. The van der Waals surface area contributed by atoms with E-state index in [9.17, 15) is 13.6 Å². The molecule has 5 rings (SSSR count). The van der Waals surface area contributed by atoms with E-state index in [0.29, 0.717) is 24.3 Å². The first kappa shape index (κ1) is 19.2. The summed E-state index contributed by atoms with van der Waals surface area (Å²) >= 11 is 0. The second-order valence-electron chi connectivity index (χ2n) is 7.68. The Labute approximate surface area is 176 Å². The Hall–Kier alpha value is -3.81. The van der Waals surface area contributed by atoms with Crippen LogP contribution in [0.2, 0.25) is 0 Å². The number of anilines is 2. The molecule has 1 aliphatic rings. The Bertz CT molecular complexity index is 1350. The topological polar surface area (TPSA) is 77.0 Å². The van der Waals surface area contributed by atoms with Gasteiger partial charge in [0.1, 0.15) is 17.8 Å². The molecule has 2 N–H and O–H groups in total. The van der Waals surface area contributed by atoms with E-state index in [1.165, 1.54) is 12.4 Å². The van der Waals surface area contributed by atoms with Crippen LogP contribution in [0.25, 0.3) is 22.2 Å². The average molecular weight is 419 g/mol. The van der Waals surface area contributed by atoms with Crippen LogP contribution in [0.4, 0.5) is 20.3 Å². The highest BCUT2D eigenvalue weighted by Gasteiger charge is 2.26. The number of aromatic nitrogens is 3. The summed E-state index contributed by atoms with van der Waals surface area (Å²) in [6, 6.07) is 9.47. The number of nitrogens with zero attached hydrogens (tertiary/aromatic N) is 4. The Balaban J connectivity index is 1.45. The first-order valence-corrected chi connectivity index (χ1v) is 9.85. The van der Waals surface area contributed by atoms with Crippen molar-refractivity contribution in [2.45, 2.75) is 12.8 Å². The van der Waals surface area contributed by atoms with Gasteiger partial charge in [-0.3, -0.25) is 4.79 Å². The van der Waals surface area contributed by atoms with Crippen LogP contribution in [0.1, 0.15) is 11.1 Å². The summed E-state index contributed by atoms with van der Waals surface area (Å²) in [5.74, 6) is -1.60. The van der Waals surface area contributed by atoms with E-state index in [-0.39, 0.29) is 12.3 Å². The third-order valence-corrected chi connectivity index (χ3v) is 5.71. The lowest BCUT2D eigenvalue weighted by molar-refractivity contribution is -0.117. The number of rotatable bonds is 3. The molecule has 0 fully saturated rings. The highest BCUT2D eigenvalue weighted by molar-refractivity contribution is 6.02. The van der Waals surface area contributed by atoms with E-state index in [1.54, 1.807) is 4.90 Å². The first-order chi connectivity index (χ1) is 14.9. The van der Waals surface area contributed by atoms with Crippen LogP contribution in [-0.2, 0) is 24.7 Å². The number of carbonyl (C=O) groups is 1. The molecule has 0 atom stereocenters. The number of carbonyl (C=O) groups excluding carboxylic acids is 1. The van der Waals surface area contributed by atoms with Gasteiger partial charge in [0.05, 0.1) is 11.8 Å². The van der Waals surface area contributed by atoms with Gasteiger partial charge in [-0.1, -0.05) is 12.1 Å². The minimum atomic E-state index is -0.949. The summed E-state index contributed by atoms with van der Waals surface area (Å²) in [5.41, 5.74) is 11.1. The maximum Gasteiger partial charge on any atom is 0.231 e. The number of halogens is 2.